The standard InChI is InChI=1S/C16H26N2O/c1-13(14-7-9-16(19-3)10-8-14)17-12-15-6-4-5-11-18(15)2/h7-10,13,15,17H,4-6,11-12H2,1-3H3. The van der Waals surface area contributed by atoms with Crippen molar-refractivity contribution in [2.75, 3.05) is 27.2 Å². The number of benzene rings is 1. The highest BCUT2D eigenvalue weighted by molar-refractivity contribution is 5.28. The Morgan fingerprint density at radius 2 is 2.05 bits per heavy atom. The van der Waals surface area contributed by atoms with Crippen molar-refractivity contribution < 1.29 is 4.74 Å². The summed E-state index contributed by atoms with van der Waals surface area (Å²) < 4.78 is 5.19. The second-order valence-electron chi connectivity index (χ2n) is 5.53. The lowest BCUT2D eigenvalue weighted by Crippen LogP contribution is -2.43. The van der Waals surface area contributed by atoms with Gasteiger partial charge < -0.3 is 15.0 Å². The molecule has 0 bridgehead atoms. The van der Waals surface area contributed by atoms with Gasteiger partial charge in [0.05, 0.1) is 7.11 Å². The molecular formula is C16H26N2O. The minimum atomic E-state index is 0.390. The van der Waals surface area contributed by atoms with Crippen molar-refractivity contribution in [1.82, 2.24) is 10.2 Å². The van der Waals surface area contributed by atoms with E-state index in [4.69, 9.17) is 4.74 Å². The number of hydrogen-bond donors (Lipinski definition) is 1. The molecule has 1 fully saturated rings. The van der Waals surface area contributed by atoms with Crippen molar-refractivity contribution in [2.24, 2.45) is 0 Å². The van der Waals surface area contributed by atoms with Crippen LogP contribution in [0.25, 0.3) is 0 Å². The molecule has 0 radical (unpaired) electrons. The summed E-state index contributed by atoms with van der Waals surface area (Å²) in [6.07, 6.45) is 4.04. The topological polar surface area (TPSA) is 24.5 Å². The third-order valence-corrected chi connectivity index (χ3v) is 4.20. The summed E-state index contributed by atoms with van der Waals surface area (Å²) in [5, 5.41) is 3.65. The van der Waals surface area contributed by atoms with Gasteiger partial charge in [0.25, 0.3) is 0 Å². The molecule has 3 heteroatoms. The van der Waals surface area contributed by atoms with E-state index in [1.54, 1.807) is 7.11 Å². The van der Waals surface area contributed by atoms with Gasteiger partial charge in [-0.15, -0.1) is 0 Å². The number of methoxy groups -OCH3 is 1. The molecular weight excluding hydrogens is 236 g/mol. The molecule has 0 spiro atoms. The van der Waals surface area contributed by atoms with Crippen molar-refractivity contribution in [3.63, 3.8) is 0 Å². The lowest BCUT2D eigenvalue weighted by atomic mass is 10.0. The second-order valence-corrected chi connectivity index (χ2v) is 5.53. The zero-order valence-corrected chi connectivity index (χ0v) is 12.4. The molecule has 1 aliphatic heterocycles. The molecule has 1 aromatic rings. The highest BCUT2D eigenvalue weighted by Gasteiger charge is 2.19. The lowest BCUT2D eigenvalue weighted by molar-refractivity contribution is 0.178. The first-order valence-electron chi connectivity index (χ1n) is 7.28. The van der Waals surface area contributed by atoms with Gasteiger partial charge in [0, 0.05) is 18.6 Å². The normalized spacial score (nSPS) is 22.2. The average Bonchev–Trinajstić information content (AvgIpc) is 2.46. The van der Waals surface area contributed by atoms with Crippen LogP contribution < -0.4 is 10.1 Å². The summed E-state index contributed by atoms with van der Waals surface area (Å²) in [5.41, 5.74) is 1.32. The van der Waals surface area contributed by atoms with Crippen LogP contribution in [0.5, 0.6) is 5.75 Å². The number of likely N-dealkylation sites (N-methyl/N-ethyl adjacent to an activating group) is 1. The van der Waals surface area contributed by atoms with Gasteiger partial charge in [0.15, 0.2) is 0 Å². The van der Waals surface area contributed by atoms with Crippen molar-refractivity contribution in [1.29, 1.82) is 0 Å². The van der Waals surface area contributed by atoms with Crippen LogP contribution in [-0.2, 0) is 0 Å². The Hall–Kier alpha value is -1.06. The van der Waals surface area contributed by atoms with Crippen LogP contribution in [-0.4, -0.2) is 38.2 Å². The van der Waals surface area contributed by atoms with Crippen molar-refractivity contribution in [3.05, 3.63) is 29.8 Å². The maximum atomic E-state index is 5.19. The smallest absolute Gasteiger partial charge is 0.118 e. The van der Waals surface area contributed by atoms with E-state index in [1.807, 2.05) is 12.1 Å². The molecule has 106 valence electrons. The Morgan fingerprint density at radius 3 is 2.68 bits per heavy atom. The van der Waals surface area contributed by atoms with Gasteiger partial charge in [0.2, 0.25) is 0 Å². The zero-order valence-electron chi connectivity index (χ0n) is 12.4. The van der Waals surface area contributed by atoms with Crippen LogP contribution in [0.4, 0.5) is 0 Å². The van der Waals surface area contributed by atoms with E-state index in [-0.39, 0.29) is 0 Å². The monoisotopic (exact) mass is 262 g/mol. The van der Waals surface area contributed by atoms with E-state index < -0.39 is 0 Å². The molecule has 0 aliphatic carbocycles. The first kappa shape index (κ1) is 14.4. The summed E-state index contributed by atoms with van der Waals surface area (Å²) in [4.78, 5) is 2.48. The highest BCUT2D eigenvalue weighted by atomic mass is 16.5. The molecule has 2 unspecified atom stereocenters. The van der Waals surface area contributed by atoms with Crippen LogP contribution in [0.3, 0.4) is 0 Å². The Bertz CT molecular complexity index is 377. The Labute approximate surface area is 116 Å². The van der Waals surface area contributed by atoms with E-state index >= 15 is 0 Å². The van der Waals surface area contributed by atoms with Gasteiger partial charge in [0.1, 0.15) is 5.75 Å². The molecule has 1 saturated heterocycles. The maximum Gasteiger partial charge on any atom is 0.118 e. The molecule has 3 nitrogen and oxygen atoms in total. The maximum absolute atomic E-state index is 5.19. The molecule has 0 amide bonds. The molecule has 0 saturated carbocycles. The van der Waals surface area contributed by atoms with E-state index in [2.05, 4.69) is 36.3 Å². The van der Waals surface area contributed by atoms with Gasteiger partial charge in [-0.25, -0.2) is 0 Å². The van der Waals surface area contributed by atoms with Gasteiger partial charge in [-0.1, -0.05) is 18.6 Å². The molecule has 0 aromatic heterocycles. The van der Waals surface area contributed by atoms with Crippen molar-refractivity contribution >= 4 is 0 Å². The van der Waals surface area contributed by atoms with Gasteiger partial charge in [-0.2, -0.15) is 0 Å². The third-order valence-electron chi connectivity index (χ3n) is 4.20. The number of piperidine rings is 1. The Morgan fingerprint density at radius 1 is 1.32 bits per heavy atom. The Balaban J connectivity index is 1.84. The van der Waals surface area contributed by atoms with Gasteiger partial charge in [-0.3, -0.25) is 0 Å². The molecule has 1 aromatic carbocycles. The fraction of sp³-hybridized carbons (Fsp3) is 0.625. The minimum Gasteiger partial charge on any atom is -0.497 e. The van der Waals surface area contributed by atoms with Gasteiger partial charge >= 0.3 is 0 Å². The quantitative estimate of drug-likeness (QED) is 0.883. The fourth-order valence-corrected chi connectivity index (χ4v) is 2.73. The van der Waals surface area contributed by atoms with Crippen molar-refractivity contribution in [2.45, 2.75) is 38.3 Å². The highest BCUT2D eigenvalue weighted by Crippen LogP contribution is 2.19. The molecule has 1 N–H and O–H groups in total. The third kappa shape index (κ3) is 3.95. The predicted octanol–water partition coefficient (Wildman–Crippen LogP) is 2.83. The number of nitrogens with zero attached hydrogens (tertiary/aromatic N) is 1. The number of rotatable bonds is 5. The van der Waals surface area contributed by atoms with Crippen LogP contribution in [0.2, 0.25) is 0 Å². The fourth-order valence-electron chi connectivity index (χ4n) is 2.73. The van der Waals surface area contributed by atoms with E-state index in [9.17, 15) is 0 Å². The van der Waals surface area contributed by atoms with Gasteiger partial charge in [-0.05, 0) is 51.1 Å². The van der Waals surface area contributed by atoms with Crippen LogP contribution in [0, 0.1) is 0 Å². The largest absolute Gasteiger partial charge is 0.497 e. The van der Waals surface area contributed by atoms with E-state index in [1.165, 1.54) is 31.4 Å². The lowest BCUT2D eigenvalue weighted by Gasteiger charge is -2.33. The first-order valence-corrected chi connectivity index (χ1v) is 7.28. The number of likely N-dealkylation sites (tertiary alicyclic amines) is 1. The molecule has 2 rings (SSSR count). The second kappa shape index (κ2) is 6.92. The van der Waals surface area contributed by atoms with Crippen molar-refractivity contribution in [3.8, 4) is 5.75 Å². The zero-order chi connectivity index (χ0) is 13.7. The average molecular weight is 262 g/mol. The van der Waals surface area contributed by atoms with Crippen LogP contribution >= 0.6 is 0 Å². The number of hydrogen-bond acceptors (Lipinski definition) is 3. The number of nitrogens with one attached hydrogen (secondary N) is 1. The summed E-state index contributed by atoms with van der Waals surface area (Å²) in [6.45, 7) is 4.54. The molecule has 19 heavy (non-hydrogen) atoms. The summed E-state index contributed by atoms with van der Waals surface area (Å²) >= 11 is 0. The summed E-state index contributed by atoms with van der Waals surface area (Å²) in [7, 11) is 3.94. The summed E-state index contributed by atoms with van der Waals surface area (Å²) in [6, 6.07) is 9.42. The SMILES string of the molecule is COc1ccc(C(C)NCC2CCCCN2C)cc1. The van der Waals surface area contributed by atoms with Crippen LogP contribution in [0.1, 0.15) is 37.8 Å². The predicted molar refractivity (Wildman–Crippen MR) is 79.7 cm³/mol. The minimum absolute atomic E-state index is 0.390. The van der Waals surface area contributed by atoms with E-state index in [0.717, 1.165) is 12.3 Å². The molecule has 2 atom stereocenters. The first-order chi connectivity index (χ1) is 9.20. The Kier molecular flexibility index (Phi) is 5.23. The summed E-state index contributed by atoms with van der Waals surface area (Å²) in [5.74, 6) is 0.919. The van der Waals surface area contributed by atoms with Crippen LogP contribution in [0.15, 0.2) is 24.3 Å². The number of ether oxygens (including phenoxy) is 1. The van der Waals surface area contributed by atoms with E-state index in [0.29, 0.717) is 12.1 Å². The molecule has 1 aliphatic rings. The molecule has 1 heterocycles.